The van der Waals surface area contributed by atoms with Crippen molar-refractivity contribution in [3.05, 3.63) is 23.8 Å². The van der Waals surface area contributed by atoms with Crippen LogP contribution < -0.4 is 0 Å². The molecule has 0 N–H and O–H groups in total. The molecule has 0 aliphatic heterocycles. The molecule has 2 aliphatic carbocycles. The van der Waals surface area contributed by atoms with E-state index in [4.69, 9.17) is 4.74 Å². The Labute approximate surface area is 144 Å². The molecule has 1 heteroatoms. The van der Waals surface area contributed by atoms with Crippen LogP contribution in [-0.2, 0) is 4.74 Å². The van der Waals surface area contributed by atoms with Gasteiger partial charge in [0, 0.05) is 13.2 Å². The Bertz CT molecular complexity index is 377. The summed E-state index contributed by atoms with van der Waals surface area (Å²) in [6, 6.07) is 0. The van der Waals surface area contributed by atoms with E-state index in [0.29, 0.717) is 0 Å². The predicted molar refractivity (Wildman–Crippen MR) is 101 cm³/mol. The lowest BCUT2D eigenvalue weighted by Crippen LogP contribution is -2.01. The van der Waals surface area contributed by atoms with Crippen LogP contribution in [0.4, 0.5) is 0 Å². The molecule has 2 rings (SSSR count). The number of unbranched alkanes of at least 4 members (excludes halogenated alkanes) is 4. The Balaban J connectivity index is 1.32. The highest BCUT2D eigenvalue weighted by molar-refractivity contribution is 5.21. The van der Waals surface area contributed by atoms with Gasteiger partial charge < -0.3 is 4.74 Å². The average molecular weight is 319 g/mol. The van der Waals surface area contributed by atoms with Crippen molar-refractivity contribution in [1.82, 2.24) is 0 Å². The third-order valence-electron chi connectivity index (χ3n) is 6.09. The molecule has 1 saturated carbocycles. The van der Waals surface area contributed by atoms with Gasteiger partial charge in [-0.2, -0.15) is 0 Å². The molecule has 0 aromatic rings. The summed E-state index contributed by atoms with van der Waals surface area (Å²) in [7, 11) is 0. The molecule has 1 fully saturated rings. The molecule has 0 spiro atoms. The Hall–Kier alpha value is -0.560. The van der Waals surface area contributed by atoms with Crippen molar-refractivity contribution in [2.24, 2.45) is 11.3 Å². The van der Waals surface area contributed by atoms with Gasteiger partial charge in [-0.3, -0.25) is 0 Å². The quantitative estimate of drug-likeness (QED) is 0.338. The maximum Gasteiger partial charge on any atom is 0.0466 e. The summed E-state index contributed by atoms with van der Waals surface area (Å²) >= 11 is 0. The SMILES string of the molecule is CC[C@@]1(CCCCCCOCCCCC2=CCCC=C2)CC1C. The average Bonchev–Trinajstić information content (AvgIpc) is 3.24. The van der Waals surface area contributed by atoms with Gasteiger partial charge in [-0.05, 0) is 62.7 Å². The molecule has 1 unspecified atom stereocenters. The summed E-state index contributed by atoms with van der Waals surface area (Å²) in [5.74, 6) is 0.996. The van der Waals surface area contributed by atoms with E-state index < -0.39 is 0 Å². The van der Waals surface area contributed by atoms with Crippen molar-refractivity contribution in [1.29, 1.82) is 0 Å². The second-order valence-electron chi connectivity index (χ2n) is 7.81. The summed E-state index contributed by atoms with van der Waals surface area (Å²) in [5, 5.41) is 0. The van der Waals surface area contributed by atoms with Gasteiger partial charge in [0.1, 0.15) is 0 Å². The molecule has 0 saturated heterocycles. The number of hydrogen-bond donors (Lipinski definition) is 0. The minimum absolute atomic E-state index is 0.749. The highest BCUT2D eigenvalue weighted by Crippen LogP contribution is 2.58. The standard InChI is InChI=1S/C22H38O/c1-3-22(19-20(22)2)16-10-4-5-11-17-23-18-12-9-15-21-13-7-6-8-14-21/h7,13-14,20H,3-6,8-12,15-19H2,1-2H3/t20?,22-/m1/s1. The van der Waals surface area contributed by atoms with E-state index >= 15 is 0 Å². The minimum atomic E-state index is 0.749. The lowest BCUT2D eigenvalue weighted by Gasteiger charge is -2.13. The van der Waals surface area contributed by atoms with Crippen LogP contribution in [0.2, 0.25) is 0 Å². The zero-order chi connectivity index (χ0) is 16.4. The first-order valence-corrected chi connectivity index (χ1v) is 10.2. The molecule has 0 radical (unpaired) electrons. The van der Waals surface area contributed by atoms with Crippen LogP contribution in [-0.4, -0.2) is 13.2 Å². The van der Waals surface area contributed by atoms with E-state index in [-0.39, 0.29) is 0 Å². The molecule has 23 heavy (non-hydrogen) atoms. The number of allylic oxidation sites excluding steroid dienone is 4. The number of ether oxygens (including phenoxy) is 1. The Morgan fingerprint density at radius 1 is 1.04 bits per heavy atom. The summed E-state index contributed by atoms with van der Waals surface area (Å²) in [6.45, 7) is 6.72. The normalized spacial score (nSPS) is 26.3. The third kappa shape index (κ3) is 6.83. The van der Waals surface area contributed by atoms with Crippen LogP contribution in [0, 0.1) is 11.3 Å². The summed E-state index contributed by atoms with van der Waals surface area (Å²) < 4.78 is 5.78. The van der Waals surface area contributed by atoms with E-state index in [1.807, 2.05) is 0 Å². The molecular weight excluding hydrogens is 280 g/mol. The predicted octanol–water partition coefficient (Wildman–Crippen LogP) is 6.84. The summed E-state index contributed by atoms with van der Waals surface area (Å²) in [5.41, 5.74) is 2.28. The Morgan fingerprint density at radius 2 is 1.78 bits per heavy atom. The van der Waals surface area contributed by atoms with E-state index in [9.17, 15) is 0 Å². The molecule has 0 amide bonds. The van der Waals surface area contributed by atoms with Crippen LogP contribution >= 0.6 is 0 Å². The smallest absolute Gasteiger partial charge is 0.0466 e. The van der Waals surface area contributed by atoms with Crippen LogP contribution in [0.25, 0.3) is 0 Å². The first kappa shape index (κ1) is 18.8. The zero-order valence-electron chi connectivity index (χ0n) is 15.6. The second kappa shape index (κ2) is 10.3. The van der Waals surface area contributed by atoms with E-state index in [1.165, 1.54) is 82.6 Å². The minimum Gasteiger partial charge on any atom is -0.381 e. The van der Waals surface area contributed by atoms with Crippen molar-refractivity contribution >= 4 is 0 Å². The third-order valence-corrected chi connectivity index (χ3v) is 6.09. The topological polar surface area (TPSA) is 9.23 Å². The number of rotatable bonds is 13. The lowest BCUT2D eigenvalue weighted by atomic mass is 9.93. The molecular formula is C22H38O. The highest BCUT2D eigenvalue weighted by atomic mass is 16.5. The Morgan fingerprint density at radius 3 is 2.43 bits per heavy atom. The van der Waals surface area contributed by atoms with Crippen molar-refractivity contribution < 1.29 is 4.74 Å². The fourth-order valence-corrected chi connectivity index (χ4v) is 4.09. The van der Waals surface area contributed by atoms with Crippen LogP contribution in [0.3, 0.4) is 0 Å². The fraction of sp³-hybridized carbons (Fsp3) is 0.818. The van der Waals surface area contributed by atoms with Gasteiger partial charge in [0.25, 0.3) is 0 Å². The van der Waals surface area contributed by atoms with Crippen LogP contribution in [0.5, 0.6) is 0 Å². The first-order valence-electron chi connectivity index (χ1n) is 10.2. The van der Waals surface area contributed by atoms with Gasteiger partial charge in [0.2, 0.25) is 0 Å². The van der Waals surface area contributed by atoms with Crippen molar-refractivity contribution in [3.63, 3.8) is 0 Å². The molecule has 2 aliphatic rings. The van der Waals surface area contributed by atoms with Gasteiger partial charge >= 0.3 is 0 Å². The van der Waals surface area contributed by atoms with Crippen molar-refractivity contribution in [2.45, 2.75) is 90.9 Å². The first-order chi connectivity index (χ1) is 11.3. The second-order valence-corrected chi connectivity index (χ2v) is 7.81. The summed E-state index contributed by atoms with van der Waals surface area (Å²) in [4.78, 5) is 0. The van der Waals surface area contributed by atoms with Gasteiger partial charge in [-0.15, -0.1) is 0 Å². The molecule has 0 bridgehead atoms. The molecule has 0 heterocycles. The number of hydrogen-bond acceptors (Lipinski definition) is 1. The maximum absolute atomic E-state index is 5.78. The van der Waals surface area contributed by atoms with E-state index in [2.05, 4.69) is 32.1 Å². The molecule has 0 aromatic carbocycles. The maximum atomic E-state index is 5.78. The highest BCUT2D eigenvalue weighted by Gasteiger charge is 2.48. The molecule has 2 atom stereocenters. The fourth-order valence-electron chi connectivity index (χ4n) is 4.09. The van der Waals surface area contributed by atoms with Gasteiger partial charge in [0.05, 0.1) is 0 Å². The van der Waals surface area contributed by atoms with Gasteiger partial charge in [0.15, 0.2) is 0 Å². The van der Waals surface area contributed by atoms with Gasteiger partial charge in [-0.25, -0.2) is 0 Å². The van der Waals surface area contributed by atoms with Crippen molar-refractivity contribution in [3.8, 4) is 0 Å². The Kier molecular flexibility index (Phi) is 8.44. The van der Waals surface area contributed by atoms with Crippen LogP contribution in [0.15, 0.2) is 23.8 Å². The molecule has 132 valence electrons. The monoisotopic (exact) mass is 318 g/mol. The largest absolute Gasteiger partial charge is 0.381 e. The van der Waals surface area contributed by atoms with Crippen LogP contribution in [0.1, 0.15) is 90.9 Å². The molecule has 1 nitrogen and oxygen atoms in total. The van der Waals surface area contributed by atoms with Gasteiger partial charge in [-0.1, -0.05) is 63.3 Å². The summed E-state index contributed by atoms with van der Waals surface area (Å²) in [6.07, 6.45) is 23.0. The van der Waals surface area contributed by atoms with E-state index in [0.717, 1.165) is 24.5 Å². The lowest BCUT2D eigenvalue weighted by molar-refractivity contribution is 0.126. The van der Waals surface area contributed by atoms with Crippen molar-refractivity contribution in [2.75, 3.05) is 13.2 Å². The molecule has 0 aromatic heterocycles. The van der Waals surface area contributed by atoms with E-state index in [1.54, 1.807) is 0 Å². The zero-order valence-corrected chi connectivity index (χ0v) is 15.6.